The molecule has 3 rings (SSSR count). The number of para-hydroxylation sites is 1. The summed E-state index contributed by atoms with van der Waals surface area (Å²) in [4.78, 5) is 37.0. The molecule has 0 unspecified atom stereocenters. The SMILES string of the molecule is COC(=O)CN1C(=O)S/C(=C\c2ccccc2OCCOc2ccc(C)cc2)C1=O. The van der Waals surface area contributed by atoms with Crippen molar-refractivity contribution in [2.24, 2.45) is 0 Å². The summed E-state index contributed by atoms with van der Waals surface area (Å²) in [5, 5.41) is -0.512. The molecule has 1 fully saturated rings. The Morgan fingerprint density at radius 3 is 2.47 bits per heavy atom. The van der Waals surface area contributed by atoms with Crippen LogP contribution < -0.4 is 9.47 Å². The molecular weight excluding hydrogens is 406 g/mol. The fourth-order valence-corrected chi connectivity index (χ4v) is 3.48. The van der Waals surface area contributed by atoms with Crippen molar-refractivity contribution in [1.82, 2.24) is 4.90 Å². The maximum Gasteiger partial charge on any atom is 0.325 e. The lowest BCUT2D eigenvalue weighted by Crippen LogP contribution is -2.34. The van der Waals surface area contributed by atoms with Crippen LogP contribution in [0.5, 0.6) is 11.5 Å². The highest BCUT2D eigenvalue weighted by Crippen LogP contribution is 2.33. The van der Waals surface area contributed by atoms with Crippen LogP contribution in [0.3, 0.4) is 0 Å². The van der Waals surface area contributed by atoms with Crippen molar-refractivity contribution in [2.45, 2.75) is 6.92 Å². The first-order valence-electron chi connectivity index (χ1n) is 9.21. The fraction of sp³-hybridized carbons (Fsp3) is 0.227. The number of rotatable bonds is 8. The molecule has 1 saturated heterocycles. The number of thioether (sulfide) groups is 1. The molecule has 7 nitrogen and oxygen atoms in total. The summed E-state index contributed by atoms with van der Waals surface area (Å²) in [5.74, 6) is 0.130. The van der Waals surface area contributed by atoms with Gasteiger partial charge in [-0.25, -0.2) is 0 Å². The van der Waals surface area contributed by atoms with Gasteiger partial charge in [0, 0.05) is 5.56 Å². The fourth-order valence-electron chi connectivity index (χ4n) is 2.65. The lowest BCUT2D eigenvalue weighted by molar-refractivity contribution is -0.143. The van der Waals surface area contributed by atoms with Crippen molar-refractivity contribution < 1.29 is 28.6 Å². The van der Waals surface area contributed by atoms with Gasteiger partial charge in [-0.05, 0) is 43.0 Å². The Hall–Kier alpha value is -3.26. The minimum absolute atomic E-state index is 0.218. The van der Waals surface area contributed by atoms with Crippen LogP contribution in [0.4, 0.5) is 4.79 Å². The largest absolute Gasteiger partial charge is 0.490 e. The Morgan fingerprint density at radius 1 is 1.03 bits per heavy atom. The lowest BCUT2D eigenvalue weighted by atomic mass is 10.2. The maximum atomic E-state index is 12.5. The van der Waals surface area contributed by atoms with E-state index in [1.165, 1.54) is 7.11 Å². The Morgan fingerprint density at radius 2 is 1.73 bits per heavy atom. The predicted octanol–water partition coefficient (Wildman–Crippen LogP) is 3.66. The van der Waals surface area contributed by atoms with Gasteiger partial charge in [-0.3, -0.25) is 19.3 Å². The molecule has 156 valence electrons. The first-order chi connectivity index (χ1) is 14.5. The number of carbonyl (C=O) groups is 3. The number of aryl methyl sites for hydroxylation is 1. The van der Waals surface area contributed by atoms with Crippen molar-refractivity contribution in [3.8, 4) is 11.5 Å². The normalized spacial score (nSPS) is 14.9. The summed E-state index contributed by atoms with van der Waals surface area (Å²) < 4.78 is 16.0. The van der Waals surface area contributed by atoms with E-state index in [1.807, 2.05) is 37.3 Å². The molecule has 2 aromatic carbocycles. The highest BCUT2D eigenvalue weighted by atomic mass is 32.2. The van der Waals surface area contributed by atoms with E-state index in [-0.39, 0.29) is 4.91 Å². The average Bonchev–Trinajstić information content (AvgIpc) is 3.00. The third kappa shape index (κ3) is 5.42. The number of imide groups is 1. The Balaban J connectivity index is 1.63. The van der Waals surface area contributed by atoms with E-state index in [1.54, 1.807) is 24.3 Å². The van der Waals surface area contributed by atoms with Gasteiger partial charge >= 0.3 is 5.97 Å². The van der Waals surface area contributed by atoms with E-state index < -0.39 is 23.7 Å². The highest BCUT2D eigenvalue weighted by molar-refractivity contribution is 8.18. The van der Waals surface area contributed by atoms with Crippen molar-refractivity contribution >= 4 is 35.0 Å². The van der Waals surface area contributed by atoms with Gasteiger partial charge in [0.15, 0.2) is 0 Å². The zero-order valence-electron chi connectivity index (χ0n) is 16.6. The van der Waals surface area contributed by atoms with E-state index in [0.717, 1.165) is 28.0 Å². The summed E-state index contributed by atoms with van der Waals surface area (Å²) in [7, 11) is 1.20. The van der Waals surface area contributed by atoms with E-state index in [2.05, 4.69) is 4.74 Å². The predicted molar refractivity (Wildman–Crippen MR) is 113 cm³/mol. The molecule has 0 spiro atoms. The second-order valence-electron chi connectivity index (χ2n) is 6.39. The first kappa shape index (κ1) is 21.4. The van der Waals surface area contributed by atoms with Crippen LogP contribution in [0.2, 0.25) is 0 Å². The summed E-state index contributed by atoms with van der Waals surface area (Å²) in [6.07, 6.45) is 1.58. The van der Waals surface area contributed by atoms with Crippen LogP contribution in [0.15, 0.2) is 53.4 Å². The summed E-state index contributed by atoms with van der Waals surface area (Å²) in [6.45, 7) is 2.26. The molecule has 0 saturated carbocycles. The zero-order chi connectivity index (χ0) is 21.5. The molecule has 0 aliphatic carbocycles. The van der Waals surface area contributed by atoms with Crippen LogP contribution in [0.25, 0.3) is 6.08 Å². The number of benzene rings is 2. The summed E-state index contributed by atoms with van der Waals surface area (Å²) >= 11 is 0.775. The molecule has 0 bridgehead atoms. The minimum Gasteiger partial charge on any atom is -0.490 e. The quantitative estimate of drug-likeness (QED) is 0.361. The molecule has 1 heterocycles. The topological polar surface area (TPSA) is 82.1 Å². The van der Waals surface area contributed by atoms with E-state index in [4.69, 9.17) is 9.47 Å². The second-order valence-corrected chi connectivity index (χ2v) is 7.38. The van der Waals surface area contributed by atoms with Gasteiger partial charge in [0.25, 0.3) is 11.1 Å². The molecule has 0 radical (unpaired) electrons. The van der Waals surface area contributed by atoms with Gasteiger partial charge in [0.05, 0.1) is 12.0 Å². The molecule has 0 atom stereocenters. The van der Waals surface area contributed by atoms with Crippen molar-refractivity contribution in [3.05, 3.63) is 64.6 Å². The van der Waals surface area contributed by atoms with Crippen molar-refractivity contribution in [3.63, 3.8) is 0 Å². The standard InChI is InChI=1S/C22H21NO6S/c1-15-7-9-17(10-8-15)28-11-12-29-18-6-4-3-5-16(18)13-19-21(25)23(22(26)30-19)14-20(24)27-2/h3-10,13H,11-12,14H2,1-2H3/b19-13-. The number of methoxy groups -OCH3 is 1. The smallest absolute Gasteiger partial charge is 0.325 e. The second kappa shape index (κ2) is 9.98. The van der Waals surface area contributed by atoms with Crippen LogP contribution in [0, 0.1) is 6.92 Å². The van der Waals surface area contributed by atoms with Crippen LogP contribution in [0.1, 0.15) is 11.1 Å². The number of nitrogens with zero attached hydrogens (tertiary/aromatic N) is 1. The van der Waals surface area contributed by atoms with Gasteiger partial charge < -0.3 is 14.2 Å². The molecule has 1 aliphatic rings. The Kier molecular flexibility index (Phi) is 7.13. The maximum absolute atomic E-state index is 12.5. The average molecular weight is 427 g/mol. The number of amides is 2. The minimum atomic E-state index is -0.657. The molecule has 0 aromatic heterocycles. The van der Waals surface area contributed by atoms with Gasteiger partial charge in [-0.2, -0.15) is 0 Å². The third-order valence-electron chi connectivity index (χ3n) is 4.22. The zero-order valence-corrected chi connectivity index (χ0v) is 17.4. The van der Waals surface area contributed by atoms with Crippen LogP contribution >= 0.6 is 11.8 Å². The van der Waals surface area contributed by atoms with Gasteiger partial charge in [-0.15, -0.1) is 0 Å². The first-order valence-corrected chi connectivity index (χ1v) is 10.0. The number of hydrogen-bond donors (Lipinski definition) is 0. The van der Waals surface area contributed by atoms with Crippen molar-refractivity contribution in [2.75, 3.05) is 26.9 Å². The molecular formula is C22H21NO6S. The number of carbonyl (C=O) groups excluding carboxylic acids is 3. The Bertz CT molecular complexity index is 970. The number of esters is 1. The molecule has 0 N–H and O–H groups in total. The van der Waals surface area contributed by atoms with Gasteiger partial charge in [0.2, 0.25) is 0 Å². The highest BCUT2D eigenvalue weighted by Gasteiger charge is 2.36. The monoisotopic (exact) mass is 427 g/mol. The number of hydrogen-bond acceptors (Lipinski definition) is 7. The van der Waals surface area contributed by atoms with Crippen molar-refractivity contribution in [1.29, 1.82) is 0 Å². The molecule has 2 aromatic rings. The lowest BCUT2D eigenvalue weighted by Gasteiger charge is -2.11. The molecule has 1 aliphatic heterocycles. The van der Waals surface area contributed by atoms with E-state index in [9.17, 15) is 14.4 Å². The Labute approximate surface area is 178 Å². The third-order valence-corrected chi connectivity index (χ3v) is 5.13. The van der Waals surface area contributed by atoms with Crippen LogP contribution in [-0.2, 0) is 14.3 Å². The van der Waals surface area contributed by atoms with E-state index >= 15 is 0 Å². The summed E-state index contributed by atoms with van der Waals surface area (Å²) in [5.41, 5.74) is 1.81. The van der Waals surface area contributed by atoms with Crippen LogP contribution in [-0.4, -0.2) is 48.9 Å². The molecule has 8 heteroatoms. The molecule has 30 heavy (non-hydrogen) atoms. The van der Waals surface area contributed by atoms with E-state index in [0.29, 0.717) is 24.5 Å². The number of ether oxygens (including phenoxy) is 3. The summed E-state index contributed by atoms with van der Waals surface area (Å²) in [6, 6.07) is 14.9. The molecule has 2 amide bonds. The van der Waals surface area contributed by atoms with Gasteiger partial charge in [-0.1, -0.05) is 35.9 Å². The van der Waals surface area contributed by atoms with Gasteiger partial charge in [0.1, 0.15) is 31.3 Å².